The number of hydrogen-bond acceptors (Lipinski definition) is 5. The molecule has 3 rings (SSSR count). The molecule has 0 bridgehead atoms. The number of ether oxygens (including phenoxy) is 1. The maximum absolute atomic E-state index is 5.86. The van der Waals surface area contributed by atoms with Crippen LogP contribution < -0.4 is 4.74 Å². The minimum atomic E-state index is 0.316. The van der Waals surface area contributed by atoms with Gasteiger partial charge in [-0.3, -0.25) is 9.88 Å². The number of likely N-dealkylation sites (tertiary alicyclic amines) is 1. The van der Waals surface area contributed by atoms with Gasteiger partial charge in [-0.05, 0) is 24.5 Å². The van der Waals surface area contributed by atoms with E-state index in [2.05, 4.69) is 20.9 Å². The molecule has 0 aliphatic carbocycles. The lowest BCUT2D eigenvalue weighted by molar-refractivity contribution is 0.0965. The molecule has 5 heteroatoms. The predicted octanol–water partition coefficient (Wildman–Crippen LogP) is 2.58. The van der Waals surface area contributed by atoms with Crippen LogP contribution in [0.5, 0.6) is 5.19 Å². The first-order chi connectivity index (χ1) is 9.40. The molecule has 0 radical (unpaired) electrons. The molecule has 1 saturated heterocycles. The van der Waals surface area contributed by atoms with Gasteiger partial charge >= 0.3 is 0 Å². The van der Waals surface area contributed by atoms with Crippen LogP contribution in [0.3, 0.4) is 0 Å². The Kier molecular flexibility index (Phi) is 4.05. The number of rotatable bonds is 4. The van der Waals surface area contributed by atoms with Crippen LogP contribution in [0, 0.1) is 0 Å². The number of pyridine rings is 1. The third-order valence-electron chi connectivity index (χ3n) is 3.34. The van der Waals surface area contributed by atoms with Gasteiger partial charge in [-0.15, -0.1) is 0 Å². The van der Waals surface area contributed by atoms with Crippen LogP contribution in [-0.4, -0.2) is 34.1 Å². The molecule has 1 aliphatic heterocycles. The third-order valence-corrected chi connectivity index (χ3v) is 4.00. The number of aromatic nitrogens is 2. The molecule has 100 valence electrons. The quantitative estimate of drug-likeness (QED) is 0.859. The third kappa shape index (κ3) is 3.52. The second-order valence-electron chi connectivity index (χ2n) is 4.75. The molecule has 3 heterocycles. The van der Waals surface area contributed by atoms with E-state index >= 15 is 0 Å². The highest BCUT2D eigenvalue weighted by molar-refractivity contribution is 7.11. The van der Waals surface area contributed by atoms with E-state index in [1.54, 1.807) is 17.5 Å². The van der Waals surface area contributed by atoms with Crippen LogP contribution in [0.25, 0.3) is 0 Å². The Labute approximate surface area is 117 Å². The van der Waals surface area contributed by atoms with Gasteiger partial charge < -0.3 is 4.74 Å². The number of piperidine rings is 1. The van der Waals surface area contributed by atoms with Crippen molar-refractivity contribution < 1.29 is 4.74 Å². The van der Waals surface area contributed by atoms with Crippen molar-refractivity contribution in [1.29, 1.82) is 0 Å². The highest BCUT2D eigenvalue weighted by Gasteiger charge is 2.21. The molecule has 0 unspecified atom stereocenters. The average Bonchev–Trinajstić information content (AvgIpc) is 2.95. The molecule has 2 aromatic rings. The summed E-state index contributed by atoms with van der Waals surface area (Å²) in [5, 5.41) is 2.75. The van der Waals surface area contributed by atoms with Crippen LogP contribution in [0.15, 0.2) is 36.1 Å². The maximum atomic E-state index is 5.86. The summed E-state index contributed by atoms with van der Waals surface area (Å²) in [6.45, 7) is 3.13. The van der Waals surface area contributed by atoms with Crippen molar-refractivity contribution >= 4 is 11.3 Å². The van der Waals surface area contributed by atoms with E-state index in [0.29, 0.717) is 6.10 Å². The normalized spacial score (nSPS) is 17.5. The molecule has 1 fully saturated rings. The Morgan fingerprint density at radius 2 is 2.21 bits per heavy atom. The van der Waals surface area contributed by atoms with Gasteiger partial charge in [-0.2, -0.15) is 0 Å². The molecule has 1 aliphatic rings. The zero-order valence-electron chi connectivity index (χ0n) is 10.7. The summed E-state index contributed by atoms with van der Waals surface area (Å²) in [5.41, 5.74) is 1.28. The van der Waals surface area contributed by atoms with Crippen molar-refractivity contribution in [3.63, 3.8) is 0 Å². The molecule has 0 atom stereocenters. The van der Waals surface area contributed by atoms with Crippen molar-refractivity contribution in [3.8, 4) is 5.19 Å². The zero-order chi connectivity index (χ0) is 12.9. The van der Waals surface area contributed by atoms with E-state index in [-0.39, 0.29) is 0 Å². The maximum Gasteiger partial charge on any atom is 0.273 e. The van der Waals surface area contributed by atoms with Crippen LogP contribution in [0.2, 0.25) is 0 Å². The molecule has 2 aromatic heterocycles. The van der Waals surface area contributed by atoms with Crippen LogP contribution in [-0.2, 0) is 6.54 Å². The van der Waals surface area contributed by atoms with Gasteiger partial charge in [0.25, 0.3) is 5.19 Å². The van der Waals surface area contributed by atoms with Gasteiger partial charge in [0.05, 0.1) is 0 Å². The lowest BCUT2D eigenvalue weighted by Gasteiger charge is -2.31. The largest absolute Gasteiger partial charge is 0.467 e. The van der Waals surface area contributed by atoms with Crippen molar-refractivity contribution in [2.45, 2.75) is 25.5 Å². The smallest absolute Gasteiger partial charge is 0.273 e. The Morgan fingerprint density at radius 1 is 1.32 bits per heavy atom. The van der Waals surface area contributed by atoms with E-state index in [1.807, 2.05) is 23.8 Å². The first-order valence-electron chi connectivity index (χ1n) is 6.57. The molecule has 0 amide bonds. The lowest BCUT2D eigenvalue weighted by Crippen LogP contribution is -2.37. The van der Waals surface area contributed by atoms with Gasteiger partial charge in [0.15, 0.2) is 0 Å². The molecule has 4 nitrogen and oxygen atoms in total. The lowest BCUT2D eigenvalue weighted by atomic mass is 10.1. The molecular weight excluding hydrogens is 258 g/mol. The van der Waals surface area contributed by atoms with Crippen molar-refractivity contribution in [3.05, 3.63) is 41.7 Å². The Balaban J connectivity index is 1.47. The Hall–Kier alpha value is -1.46. The van der Waals surface area contributed by atoms with Crippen LogP contribution in [0.4, 0.5) is 0 Å². The number of hydrogen-bond donors (Lipinski definition) is 0. The molecule has 0 N–H and O–H groups in total. The summed E-state index contributed by atoms with van der Waals surface area (Å²) < 4.78 is 5.86. The average molecular weight is 275 g/mol. The van der Waals surface area contributed by atoms with Gasteiger partial charge in [0, 0.05) is 43.6 Å². The van der Waals surface area contributed by atoms with Gasteiger partial charge in [-0.25, -0.2) is 4.98 Å². The summed E-state index contributed by atoms with van der Waals surface area (Å²) in [7, 11) is 0. The molecule has 0 saturated carbocycles. The van der Waals surface area contributed by atoms with Crippen LogP contribution in [0.1, 0.15) is 18.4 Å². The van der Waals surface area contributed by atoms with Crippen molar-refractivity contribution in [1.82, 2.24) is 14.9 Å². The number of thiazole rings is 1. The first-order valence-corrected chi connectivity index (χ1v) is 7.45. The fourth-order valence-corrected chi connectivity index (χ4v) is 2.90. The second-order valence-corrected chi connectivity index (χ2v) is 5.61. The summed E-state index contributed by atoms with van der Waals surface area (Å²) in [6, 6.07) is 4.12. The van der Waals surface area contributed by atoms with E-state index in [1.165, 1.54) is 5.56 Å². The Morgan fingerprint density at radius 3 is 2.89 bits per heavy atom. The highest BCUT2D eigenvalue weighted by Crippen LogP contribution is 2.21. The predicted molar refractivity (Wildman–Crippen MR) is 75.3 cm³/mol. The summed E-state index contributed by atoms with van der Waals surface area (Å²) >= 11 is 1.56. The summed E-state index contributed by atoms with van der Waals surface area (Å²) in [5.74, 6) is 0. The molecular formula is C14H17N3OS. The zero-order valence-corrected chi connectivity index (χ0v) is 11.6. The van der Waals surface area contributed by atoms with Gasteiger partial charge in [0.2, 0.25) is 0 Å². The highest BCUT2D eigenvalue weighted by atomic mass is 32.1. The second kappa shape index (κ2) is 6.12. The SMILES string of the molecule is c1cncc(CN2CCC(Oc3nccs3)CC2)c1. The standard InChI is InChI=1S/C14H17N3OS/c1-2-12(10-15-5-1)11-17-7-3-13(4-8-17)18-14-16-6-9-19-14/h1-2,5-6,9-10,13H,3-4,7-8,11H2. The molecule has 0 spiro atoms. The monoisotopic (exact) mass is 275 g/mol. The van der Waals surface area contributed by atoms with Crippen molar-refractivity contribution in [2.24, 2.45) is 0 Å². The minimum absolute atomic E-state index is 0.316. The van der Waals surface area contributed by atoms with E-state index < -0.39 is 0 Å². The Bertz CT molecular complexity index is 481. The van der Waals surface area contributed by atoms with Crippen LogP contribution >= 0.6 is 11.3 Å². The van der Waals surface area contributed by atoms with E-state index in [9.17, 15) is 0 Å². The van der Waals surface area contributed by atoms with Gasteiger partial charge in [0.1, 0.15) is 6.10 Å². The minimum Gasteiger partial charge on any atom is -0.467 e. The first kappa shape index (κ1) is 12.6. The van der Waals surface area contributed by atoms with E-state index in [4.69, 9.17) is 4.74 Å². The topological polar surface area (TPSA) is 38.2 Å². The summed E-state index contributed by atoms with van der Waals surface area (Å²) in [4.78, 5) is 10.8. The fraction of sp³-hybridized carbons (Fsp3) is 0.429. The van der Waals surface area contributed by atoms with E-state index in [0.717, 1.165) is 37.7 Å². The molecule has 19 heavy (non-hydrogen) atoms. The number of nitrogens with zero attached hydrogens (tertiary/aromatic N) is 3. The summed E-state index contributed by atoms with van der Waals surface area (Å²) in [6.07, 6.45) is 8.00. The van der Waals surface area contributed by atoms with Gasteiger partial charge in [-0.1, -0.05) is 17.4 Å². The fourth-order valence-electron chi connectivity index (χ4n) is 2.35. The molecule has 0 aromatic carbocycles. The van der Waals surface area contributed by atoms with Crippen molar-refractivity contribution in [2.75, 3.05) is 13.1 Å².